The fraction of sp³-hybridized carbons (Fsp3) is 0. The van der Waals surface area contributed by atoms with Crippen molar-refractivity contribution in [3.63, 3.8) is 0 Å². The van der Waals surface area contributed by atoms with E-state index in [1.54, 1.807) is 30.3 Å². The normalized spacial score (nSPS) is 10.9. The van der Waals surface area contributed by atoms with Gasteiger partial charge >= 0.3 is 0 Å². The summed E-state index contributed by atoms with van der Waals surface area (Å²) >= 11 is 7.44. The molecule has 90 valence electrons. The summed E-state index contributed by atoms with van der Waals surface area (Å²) in [6.45, 7) is 0. The zero-order valence-electron chi connectivity index (χ0n) is 9.11. The lowest BCUT2D eigenvalue weighted by Gasteiger charge is -2.06. The molecule has 0 fully saturated rings. The monoisotopic (exact) mass is 277 g/mol. The van der Waals surface area contributed by atoms with E-state index in [2.05, 4.69) is 4.98 Å². The van der Waals surface area contributed by atoms with Gasteiger partial charge < -0.3 is 10.1 Å². The molecule has 0 aliphatic rings. The second-order valence-corrected chi connectivity index (χ2v) is 5.14. The number of fused-ring (bicyclic) bond motifs is 1. The maximum atomic E-state index is 12.0. The summed E-state index contributed by atoms with van der Waals surface area (Å²) in [5.74, 6) is -0.0249. The van der Waals surface area contributed by atoms with Crippen molar-refractivity contribution in [3.05, 3.63) is 51.1 Å². The van der Waals surface area contributed by atoms with Crippen LogP contribution < -0.4 is 5.56 Å². The van der Waals surface area contributed by atoms with Crippen LogP contribution in [0.15, 0.2) is 40.5 Å². The fourth-order valence-corrected chi connectivity index (χ4v) is 2.93. The van der Waals surface area contributed by atoms with Gasteiger partial charge in [0.1, 0.15) is 10.6 Å². The quantitative estimate of drug-likeness (QED) is 0.714. The molecule has 0 saturated carbocycles. The lowest BCUT2D eigenvalue weighted by Crippen LogP contribution is -2.08. The van der Waals surface area contributed by atoms with E-state index in [0.717, 1.165) is 0 Å². The maximum Gasteiger partial charge on any atom is 0.260 e. The van der Waals surface area contributed by atoms with E-state index in [-0.39, 0.29) is 16.9 Å². The molecule has 1 aromatic carbocycles. The van der Waals surface area contributed by atoms with Gasteiger partial charge in [-0.2, -0.15) is 0 Å². The first-order valence-electron chi connectivity index (χ1n) is 5.26. The number of halogens is 1. The topological polar surface area (TPSA) is 53.1 Å². The van der Waals surface area contributed by atoms with Crippen molar-refractivity contribution in [3.8, 4) is 16.9 Å². The van der Waals surface area contributed by atoms with Crippen molar-refractivity contribution < 1.29 is 5.11 Å². The highest BCUT2D eigenvalue weighted by atomic mass is 35.5. The number of hydrogen-bond donors (Lipinski definition) is 2. The number of hydrogen-bond acceptors (Lipinski definition) is 3. The van der Waals surface area contributed by atoms with E-state index in [4.69, 9.17) is 11.6 Å². The molecule has 0 aliphatic carbocycles. The Balaban J connectivity index is 2.43. The number of pyridine rings is 1. The Labute approximate surface area is 111 Å². The Morgan fingerprint density at radius 1 is 1.22 bits per heavy atom. The molecule has 18 heavy (non-hydrogen) atoms. The molecule has 0 bridgehead atoms. The van der Waals surface area contributed by atoms with E-state index >= 15 is 0 Å². The SMILES string of the molecule is O=c1[nH]c2sccc2c(O)c1-c1ccccc1Cl. The van der Waals surface area contributed by atoms with Gasteiger partial charge in [-0.1, -0.05) is 29.8 Å². The molecule has 3 rings (SSSR count). The molecule has 0 unspecified atom stereocenters. The average Bonchev–Trinajstić information content (AvgIpc) is 2.79. The Bertz CT molecular complexity index is 791. The molecule has 0 spiro atoms. The van der Waals surface area contributed by atoms with Crippen molar-refractivity contribution in [2.24, 2.45) is 0 Å². The summed E-state index contributed by atoms with van der Waals surface area (Å²) < 4.78 is 0. The molecule has 0 aliphatic heterocycles. The standard InChI is InChI=1S/C13H8ClNO2S/c14-9-4-2-1-3-7(9)10-11(16)8-5-6-18-13(8)15-12(10)17/h1-6H,(H2,15,16,17). The summed E-state index contributed by atoms with van der Waals surface area (Å²) in [6.07, 6.45) is 0. The number of aromatic nitrogens is 1. The first-order valence-corrected chi connectivity index (χ1v) is 6.51. The van der Waals surface area contributed by atoms with E-state index < -0.39 is 0 Å². The van der Waals surface area contributed by atoms with Crippen LogP contribution in [0.3, 0.4) is 0 Å². The van der Waals surface area contributed by atoms with Gasteiger partial charge in [0.15, 0.2) is 0 Å². The Morgan fingerprint density at radius 3 is 2.78 bits per heavy atom. The van der Waals surface area contributed by atoms with E-state index in [1.165, 1.54) is 11.3 Å². The smallest absolute Gasteiger partial charge is 0.260 e. The minimum atomic E-state index is -0.337. The van der Waals surface area contributed by atoms with Gasteiger partial charge in [0, 0.05) is 10.6 Å². The van der Waals surface area contributed by atoms with Gasteiger partial charge in [-0.05, 0) is 17.5 Å². The molecule has 0 amide bonds. The lowest BCUT2D eigenvalue weighted by atomic mass is 10.1. The molecule has 5 heteroatoms. The van der Waals surface area contributed by atoms with Gasteiger partial charge in [-0.15, -0.1) is 11.3 Å². The molecule has 2 N–H and O–H groups in total. The van der Waals surface area contributed by atoms with Crippen molar-refractivity contribution in [2.45, 2.75) is 0 Å². The molecule has 0 atom stereocenters. The number of benzene rings is 1. The second kappa shape index (κ2) is 4.15. The molecule has 0 radical (unpaired) electrons. The molecule has 3 aromatic rings. The number of thiophene rings is 1. The van der Waals surface area contributed by atoms with Crippen LogP contribution in [0, 0.1) is 0 Å². The number of aromatic hydroxyl groups is 1. The van der Waals surface area contributed by atoms with Crippen LogP contribution in [-0.2, 0) is 0 Å². The third-order valence-corrected chi connectivity index (χ3v) is 3.91. The van der Waals surface area contributed by atoms with Crippen LogP contribution in [-0.4, -0.2) is 10.1 Å². The first kappa shape index (κ1) is 11.3. The Morgan fingerprint density at radius 2 is 2.00 bits per heavy atom. The number of nitrogens with one attached hydrogen (secondary N) is 1. The lowest BCUT2D eigenvalue weighted by molar-refractivity contribution is 0.482. The van der Waals surface area contributed by atoms with Gasteiger partial charge in [0.25, 0.3) is 5.56 Å². The van der Waals surface area contributed by atoms with Gasteiger partial charge in [0.2, 0.25) is 0 Å². The fourth-order valence-electron chi connectivity index (χ4n) is 1.91. The zero-order chi connectivity index (χ0) is 12.7. The Hall–Kier alpha value is -1.78. The minimum Gasteiger partial charge on any atom is -0.506 e. The van der Waals surface area contributed by atoms with Crippen molar-refractivity contribution in [1.29, 1.82) is 0 Å². The highest BCUT2D eigenvalue weighted by Gasteiger charge is 2.16. The third kappa shape index (κ3) is 1.62. The first-order chi connectivity index (χ1) is 8.68. The average molecular weight is 278 g/mol. The van der Waals surface area contributed by atoms with E-state index in [0.29, 0.717) is 20.8 Å². The van der Waals surface area contributed by atoms with Crippen LogP contribution in [0.2, 0.25) is 5.02 Å². The number of rotatable bonds is 1. The van der Waals surface area contributed by atoms with Crippen molar-refractivity contribution >= 4 is 33.2 Å². The molecule has 2 heterocycles. The molecule has 3 nitrogen and oxygen atoms in total. The highest BCUT2D eigenvalue weighted by Crippen LogP contribution is 2.36. The van der Waals surface area contributed by atoms with Crippen LogP contribution in [0.25, 0.3) is 21.3 Å². The number of aromatic amines is 1. The summed E-state index contributed by atoms with van der Waals surface area (Å²) in [5, 5.41) is 13.1. The maximum absolute atomic E-state index is 12.0. The van der Waals surface area contributed by atoms with E-state index in [9.17, 15) is 9.90 Å². The van der Waals surface area contributed by atoms with Gasteiger partial charge in [-0.25, -0.2) is 0 Å². The number of H-pyrrole nitrogens is 1. The van der Waals surface area contributed by atoms with Crippen LogP contribution in [0.5, 0.6) is 5.75 Å². The Kier molecular flexibility index (Phi) is 2.61. The molecular formula is C13H8ClNO2S. The van der Waals surface area contributed by atoms with Crippen molar-refractivity contribution in [2.75, 3.05) is 0 Å². The van der Waals surface area contributed by atoms with E-state index in [1.807, 2.05) is 5.38 Å². The highest BCUT2D eigenvalue weighted by molar-refractivity contribution is 7.16. The summed E-state index contributed by atoms with van der Waals surface area (Å²) in [7, 11) is 0. The van der Waals surface area contributed by atoms with Gasteiger partial charge in [0.05, 0.1) is 10.9 Å². The molecular weight excluding hydrogens is 270 g/mol. The summed E-state index contributed by atoms with van der Waals surface area (Å²) in [4.78, 5) is 15.4. The third-order valence-electron chi connectivity index (χ3n) is 2.75. The predicted molar refractivity (Wildman–Crippen MR) is 74.6 cm³/mol. The zero-order valence-corrected chi connectivity index (χ0v) is 10.7. The second-order valence-electron chi connectivity index (χ2n) is 3.82. The summed E-state index contributed by atoms with van der Waals surface area (Å²) in [6, 6.07) is 8.72. The van der Waals surface area contributed by atoms with Crippen molar-refractivity contribution in [1.82, 2.24) is 4.98 Å². The van der Waals surface area contributed by atoms with Crippen LogP contribution in [0.1, 0.15) is 0 Å². The molecule has 2 aromatic heterocycles. The summed E-state index contributed by atoms with van der Waals surface area (Å²) in [5.41, 5.74) is 0.410. The predicted octanol–water partition coefficient (Wildman–Crippen LogP) is 3.62. The van der Waals surface area contributed by atoms with Gasteiger partial charge in [-0.3, -0.25) is 4.79 Å². The molecule has 0 saturated heterocycles. The van der Waals surface area contributed by atoms with Crippen LogP contribution >= 0.6 is 22.9 Å². The minimum absolute atomic E-state index is 0.0249. The van der Waals surface area contributed by atoms with Crippen LogP contribution in [0.4, 0.5) is 0 Å². The largest absolute Gasteiger partial charge is 0.506 e.